The van der Waals surface area contributed by atoms with Crippen molar-refractivity contribution >= 4 is 63.5 Å². The largest absolute Gasteiger partial charge is 0.492 e. The van der Waals surface area contributed by atoms with Gasteiger partial charge >= 0.3 is 12.1 Å². The van der Waals surface area contributed by atoms with Crippen LogP contribution in [0.1, 0.15) is 17.5 Å². The summed E-state index contributed by atoms with van der Waals surface area (Å²) < 4.78 is 45.9. The van der Waals surface area contributed by atoms with Gasteiger partial charge in [-0.1, -0.05) is 53.8 Å². The lowest BCUT2D eigenvalue weighted by molar-refractivity contribution is -0.138. The first-order chi connectivity index (χ1) is 14.6. The molecular formula is C20H13ClF3NO4S2. The number of hydrogen-bond acceptors (Lipinski definition) is 5. The lowest BCUT2D eigenvalue weighted by Gasteiger charge is -2.20. The molecule has 1 aliphatic rings. The molecule has 0 spiro atoms. The van der Waals surface area contributed by atoms with E-state index in [1.165, 1.54) is 12.1 Å². The minimum Gasteiger partial charge on any atom is -0.492 e. The molecule has 0 radical (unpaired) electrons. The maximum atomic E-state index is 13.5. The van der Waals surface area contributed by atoms with Crippen molar-refractivity contribution in [1.29, 1.82) is 0 Å². The zero-order valence-electron chi connectivity index (χ0n) is 15.5. The SMILES string of the molecule is O=C(O)CCOc1ccccc1/C=C1/SC(=S)N(c2ccc(Cl)cc2C(F)(F)F)C1=O. The van der Waals surface area contributed by atoms with Gasteiger partial charge < -0.3 is 9.84 Å². The number of benzene rings is 2. The molecule has 0 aliphatic carbocycles. The third kappa shape index (κ3) is 5.38. The number of amides is 1. The molecule has 0 atom stereocenters. The average Bonchev–Trinajstić information content (AvgIpc) is 2.95. The van der Waals surface area contributed by atoms with Gasteiger partial charge in [0.25, 0.3) is 5.91 Å². The van der Waals surface area contributed by atoms with Gasteiger partial charge in [-0.3, -0.25) is 14.5 Å². The third-order valence-electron chi connectivity index (χ3n) is 4.08. The second kappa shape index (κ2) is 9.29. The molecule has 0 aromatic heterocycles. The number of para-hydroxylation sites is 1. The van der Waals surface area contributed by atoms with E-state index in [0.29, 0.717) is 11.3 Å². The Balaban J connectivity index is 1.94. The van der Waals surface area contributed by atoms with Crippen molar-refractivity contribution in [3.8, 4) is 5.75 Å². The summed E-state index contributed by atoms with van der Waals surface area (Å²) in [7, 11) is 0. The van der Waals surface area contributed by atoms with E-state index in [4.69, 9.17) is 33.7 Å². The molecule has 5 nitrogen and oxygen atoms in total. The third-order valence-corrected chi connectivity index (χ3v) is 5.61. The van der Waals surface area contributed by atoms with Crippen LogP contribution in [0.3, 0.4) is 0 Å². The molecule has 0 bridgehead atoms. The van der Waals surface area contributed by atoms with Crippen LogP contribution in [0.2, 0.25) is 5.02 Å². The van der Waals surface area contributed by atoms with E-state index < -0.39 is 29.3 Å². The zero-order chi connectivity index (χ0) is 22.8. The van der Waals surface area contributed by atoms with Crippen LogP contribution >= 0.6 is 35.6 Å². The monoisotopic (exact) mass is 487 g/mol. The van der Waals surface area contributed by atoms with E-state index in [0.717, 1.165) is 28.8 Å². The minimum atomic E-state index is -4.74. The highest BCUT2D eigenvalue weighted by Crippen LogP contribution is 2.43. The molecule has 162 valence electrons. The quantitative estimate of drug-likeness (QED) is 0.421. The standard InChI is InChI=1S/C20H13ClF3NO4S2/c21-12-5-6-14(13(10-12)20(22,23)24)25-18(28)16(31-19(25)30)9-11-3-1-2-4-15(11)29-8-7-17(26)27/h1-6,9-10H,7-8H2,(H,26,27)/b16-9+. The molecule has 1 aliphatic heterocycles. The number of thioether (sulfide) groups is 1. The fourth-order valence-corrected chi connectivity index (χ4v) is 4.17. The van der Waals surface area contributed by atoms with E-state index in [1.54, 1.807) is 24.3 Å². The van der Waals surface area contributed by atoms with Gasteiger partial charge in [0, 0.05) is 10.6 Å². The van der Waals surface area contributed by atoms with Crippen LogP contribution in [0.25, 0.3) is 6.08 Å². The summed E-state index contributed by atoms with van der Waals surface area (Å²) in [6, 6.07) is 9.66. The predicted molar refractivity (Wildman–Crippen MR) is 116 cm³/mol. The van der Waals surface area contributed by atoms with Crippen LogP contribution in [-0.4, -0.2) is 27.9 Å². The first-order valence-electron chi connectivity index (χ1n) is 8.66. The van der Waals surface area contributed by atoms with Crippen LogP contribution in [0.4, 0.5) is 18.9 Å². The Kier molecular flexibility index (Phi) is 6.93. The Labute approximate surface area is 189 Å². The Morgan fingerprint density at radius 1 is 1.26 bits per heavy atom. The smallest absolute Gasteiger partial charge is 0.418 e. The van der Waals surface area contributed by atoms with Crippen molar-refractivity contribution in [2.45, 2.75) is 12.6 Å². The first-order valence-corrected chi connectivity index (χ1v) is 10.3. The van der Waals surface area contributed by atoms with E-state index in [9.17, 15) is 22.8 Å². The van der Waals surface area contributed by atoms with Crippen molar-refractivity contribution in [3.63, 3.8) is 0 Å². The average molecular weight is 488 g/mol. The number of anilines is 1. The van der Waals surface area contributed by atoms with E-state index in [-0.39, 0.29) is 27.3 Å². The van der Waals surface area contributed by atoms with E-state index in [1.807, 2.05) is 0 Å². The molecule has 0 saturated carbocycles. The molecule has 1 saturated heterocycles. The number of carboxylic acids is 1. The number of carbonyl (C=O) groups excluding carboxylic acids is 1. The van der Waals surface area contributed by atoms with Gasteiger partial charge in [-0.15, -0.1) is 0 Å². The van der Waals surface area contributed by atoms with Gasteiger partial charge in [0.05, 0.1) is 29.2 Å². The van der Waals surface area contributed by atoms with Gasteiger partial charge in [0.15, 0.2) is 4.32 Å². The van der Waals surface area contributed by atoms with Crippen LogP contribution < -0.4 is 9.64 Å². The van der Waals surface area contributed by atoms with Crippen molar-refractivity contribution in [3.05, 3.63) is 63.5 Å². The number of halogens is 4. The fraction of sp³-hybridized carbons (Fsp3) is 0.150. The molecular weight excluding hydrogens is 475 g/mol. The fourth-order valence-electron chi connectivity index (χ4n) is 2.73. The van der Waals surface area contributed by atoms with Crippen molar-refractivity contribution in [2.24, 2.45) is 0 Å². The predicted octanol–water partition coefficient (Wildman–Crippen LogP) is 5.62. The Morgan fingerprint density at radius 2 is 1.97 bits per heavy atom. The molecule has 11 heteroatoms. The number of rotatable bonds is 6. The topological polar surface area (TPSA) is 66.8 Å². The normalized spacial score (nSPS) is 15.6. The lowest BCUT2D eigenvalue weighted by Crippen LogP contribution is -2.29. The van der Waals surface area contributed by atoms with Crippen molar-refractivity contribution in [1.82, 2.24) is 0 Å². The summed E-state index contributed by atoms with van der Waals surface area (Å²) in [4.78, 5) is 24.5. The van der Waals surface area contributed by atoms with Crippen LogP contribution in [0.15, 0.2) is 47.4 Å². The van der Waals surface area contributed by atoms with Crippen molar-refractivity contribution < 1.29 is 32.6 Å². The molecule has 2 aromatic rings. The lowest BCUT2D eigenvalue weighted by atomic mass is 10.1. The maximum absolute atomic E-state index is 13.5. The highest BCUT2D eigenvalue weighted by Gasteiger charge is 2.41. The molecule has 0 unspecified atom stereocenters. The molecule has 1 heterocycles. The second-order valence-corrected chi connectivity index (χ2v) is 8.32. The van der Waals surface area contributed by atoms with Crippen LogP contribution in [-0.2, 0) is 15.8 Å². The number of thiocarbonyl (C=S) groups is 1. The molecule has 31 heavy (non-hydrogen) atoms. The summed E-state index contributed by atoms with van der Waals surface area (Å²) >= 11 is 11.7. The Hall–Kier alpha value is -2.56. The first kappa shape index (κ1) is 23.1. The highest BCUT2D eigenvalue weighted by molar-refractivity contribution is 8.27. The summed E-state index contributed by atoms with van der Waals surface area (Å²) in [6.45, 7) is -0.0825. The van der Waals surface area contributed by atoms with Crippen LogP contribution in [0, 0.1) is 0 Å². The summed E-state index contributed by atoms with van der Waals surface area (Å²) in [5.74, 6) is -1.42. The van der Waals surface area contributed by atoms with E-state index >= 15 is 0 Å². The van der Waals surface area contributed by atoms with Crippen LogP contribution in [0.5, 0.6) is 5.75 Å². The number of ether oxygens (including phenoxy) is 1. The minimum absolute atomic E-state index is 0.0617. The highest BCUT2D eigenvalue weighted by atomic mass is 35.5. The number of hydrogen-bond donors (Lipinski definition) is 1. The second-order valence-electron chi connectivity index (χ2n) is 6.21. The Morgan fingerprint density at radius 3 is 2.65 bits per heavy atom. The van der Waals surface area contributed by atoms with Gasteiger partial charge in [-0.25, -0.2) is 0 Å². The number of carboxylic acid groups (broad SMARTS) is 1. The molecule has 3 rings (SSSR count). The van der Waals surface area contributed by atoms with Gasteiger partial charge in [0.2, 0.25) is 0 Å². The summed E-state index contributed by atoms with van der Waals surface area (Å²) in [6.07, 6.45) is -3.51. The summed E-state index contributed by atoms with van der Waals surface area (Å²) in [5, 5.41) is 8.62. The maximum Gasteiger partial charge on any atom is 0.418 e. The number of carbonyl (C=O) groups is 2. The van der Waals surface area contributed by atoms with Gasteiger partial charge in [0.1, 0.15) is 5.75 Å². The number of aliphatic carboxylic acids is 1. The molecule has 2 aromatic carbocycles. The zero-order valence-corrected chi connectivity index (χ0v) is 17.9. The van der Waals surface area contributed by atoms with Gasteiger partial charge in [-0.05, 0) is 30.3 Å². The van der Waals surface area contributed by atoms with Crippen molar-refractivity contribution in [2.75, 3.05) is 11.5 Å². The Bertz CT molecular complexity index is 1090. The molecule has 1 N–H and O–H groups in total. The number of nitrogens with zero attached hydrogens (tertiary/aromatic N) is 1. The molecule has 1 amide bonds. The number of alkyl halides is 3. The molecule has 1 fully saturated rings. The van der Waals surface area contributed by atoms with Gasteiger partial charge in [-0.2, -0.15) is 13.2 Å². The van der Waals surface area contributed by atoms with E-state index in [2.05, 4.69) is 0 Å². The summed E-state index contributed by atoms with van der Waals surface area (Å²) in [5.41, 5.74) is -1.02.